The molecule has 2 rings (SSSR count). The first-order valence-corrected chi connectivity index (χ1v) is 9.47. The van der Waals surface area contributed by atoms with E-state index in [4.69, 9.17) is 9.47 Å². The second-order valence-electron chi connectivity index (χ2n) is 7.63. The minimum atomic E-state index is -0.494. The number of nitrogens with zero attached hydrogens (tertiary/aromatic N) is 1. The molecule has 1 aromatic carbocycles. The molecule has 1 aromatic rings. The van der Waals surface area contributed by atoms with Gasteiger partial charge in [-0.2, -0.15) is 0 Å². The third-order valence-electron chi connectivity index (χ3n) is 4.08. The Morgan fingerprint density at radius 1 is 1.15 bits per heavy atom. The average Bonchev–Trinajstić information content (AvgIpc) is 2.61. The lowest BCUT2D eigenvalue weighted by Gasteiger charge is -2.26. The second kappa shape index (κ2) is 10.3. The first-order valence-electron chi connectivity index (χ1n) is 9.47. The van der Waals surface area contributed by atoms with Gasteiger partial charge in [0, 0.05) is 38.3 Å². The number of alkyl carbamates (subject to hydrolysis) is 1. The van der Waals surface area contributed by atoms with Crippen molar-refractivity contribution in [3.63, 3.8) is 0 Å². The first kappa shape index (κ1) is 21.2. The Balaban J connectivity index is 1.66. The van der Waals surface area contributed by atoms with Gasteiger partial charge in [-0.25, -0.2) is 4.79 Å². The Labute approximate surface area is 161 Å². The van der Waals surface area contributed by atoms with E-state index in [1.54, 1.807) is 0 Å². The molecule has 0 aromatic heterocycles. The molecule has 1 aliphatic heterocycles. The summed E-state index contributed by atoms with van der Waals surface area (Å²) < 4.78 is 10.5. The van der Waals surface area contributed by atoms with E-state index in [0.717, 1.165) is 44.1 Å². The van der Waals surface area contributed by atoms with Crippen molar-refractivity contribution in [1.29, 1.82) is 0 Å². The Bertz CT molecular complexity index is 605. The number of hydrogen-bond donors (Lipinski definition) is 2. The standard InChI is InChI=1S/C20H31N3O4/c1-20(2,3)27-19(25)21-10-8-16-4-6-17(7-5-16)22-18(24)9-11-23-12-14-26-15-13-23/h4-7H,8-15H2,1-3H3,(H,21,25)(H,22,24). The van der Waals surface area contributed by atoms with Gasteiger partial charge in [-0.05, 0) is 44.9 Å². The van der Waals surface area contributed by atoms with Crippen molar-refractivity contribution >= 4 is 17.7 Å². The van der Waals surface area contributed by atoms with Crippen molar-refractivity contribution < 1.29 is 19.1 Å². The van der Waals surface area contributed by atoms with E-state index in [2.05, 4.69) is 15.5 Å². The molecule has 1 saturated heterocycles. The highest BCUT2D eigenvalue weighted by molar-refractivity contribution is 5.90. The Morgan fingerprint density at radius 2 is 1.81 bits per heavy atom. The molecule has 2 amide bonds. The van der Waals surface area contributed by atoms with Crippen LogP contribution in [0.1, 0.15) is 32.8 Å². The second-order valence-corrected chi connectivity index (χ2v) is 7.63. The van der Waals surface area contributed by atoms with E-state index in [1.807, 2.05) is 45.0 Å². The van der Waals surface area contributed by atoms with Crippen LogP contribution in [0, 0.1) is 0 Å². The van der Waals surface area contributed by atoms with Crippen LogP contribution in [0.5, 0.6) is 0 Å². The molecule has 1 heterocycles. The van der Waals surface area contributed by atoms with Crippen LogP contribution >= 0.6 is 0 Å². The van der Waals surface area contributed by atoms with Gasteiger partial charge >= 0.3 is 6.09 Å². The lowest BCUT2D eigenvalue weighted by atomic mass is 10.1. The molecule has 1 fully saturated rings. The summed E-state index contributed by atoms with van der Waals surface area (Å²) in [5, 5.41) is 5.66. The van der Waals surface area contributed by atoms with Gasteiger partial charge in [0.25, 0.3) is 0 Å². The quantitative estimate of drug-likeness (QED) is 0.763. The van der Waals surface area contributed by atoms with Gasteiger partial charge in [0.2, 0.25) is 5.91 Å². The molecule has 0 unspecified atom stereocenters. The zero-order chi connectivity index (χ0) is 19.7. The predicted octanol–water partition coefficient (Wildman–Crippen LogP) is 2.41. The van der Waals surface area contributed by atoms with Gasteiger partial charge in [-0.15, -0.1) is 0 Å². The maximum atomic E-state index is 12.1. The molecule has 2 N–H and O–H groups in total. The summed E-state index contributed by atoms with van der Waals surface area (Å²) in [5.41, 5.74) is 1.37. The molecular weight excluding hydrogens is 346 g/mol. The molecule has 0 spiro atoms. The van der Waals surface area contributed by atoms with Crippen molar-refractivity contribution in [3.05, 3.63) is 29.8 Å². The van der Waals surface area contributed by atoms with E-state index in [0.29, 0.717) is 19.4 Å². The zero-order valence-electron chi connectivity index (χ0n) is 16.5. The van der Waals surface area contributed by atoms with Crippen LogP contribution in [0.4, 0.5) is 10.5 Å². The summed E-state index contributed by atoms with van der Waals surface area (Å²) in [5.74, 6) is 0.0147. The smallest absolute Gasteiger partial charge is 0.407 e. The van der Waals surface area contributed by atoms with Crippen LogP contribution in [0.3, 0.4) is 0 Å². The van der Waals surface area contributed by atoms with Crippen molar-refractivity contribution in [2.24, 2.45) is 0 Å². The normalized spacial score (nSPS) is 15.2. The molecule has 0 atom stereocenters. The summed E-state index contributed by atoms with van der Waals surface area (Å²) in [6.07, 6.45) is 0.762. The topological polar surface area (TPSA) is 79.9 Å². The number of carbonyl (C=O) groups excluding carboxylic acids is 2. The van der Waals surface area contributed by atoms with E-state index in [9.17, 15) is 9.59 Å². The van der Waals surface area contributed by atoms with Crippen LogP contribution in [0.2, 0.25) is 0 Å². The van der Waals surface area contributed by atoms with Crippen molar-refractivity contribution in [2.75, 3.05) is 44.7 Å². The fourth-order valence-electron chi connectivity index (χ4n) is 2.69. The number of nitrogens with one attached hydrogen (secondary N) is 2. The maximum absolute atomic E-state index is 12.1. The van der Waals surface area contributed by atoms with Crippen LogP contribution in [0.25, 0.3) is 0 Å². The molecule has 0 bridgehead atoms. The largest absolute Gasteiger partial charge is 0.444 e. The monoisotopic (exact) mass is 377 g/mol. The minimum absolute atomic E-state index is 0.0147. The number of carbonyl (C=O) groups is 2. The summed E-state index contributed by atoms with van der Waals surface area (Å²) >= 11 is 0. The highest BCUT2D eigenvalue weighted by Gasteiger charge is 2.15. The Hall–Kier alpha value is -2.12. The summed E-state index contributed by atoms with van der Waals surface area (Å²) in [6.45, 7) is 10.0. The molecule has 1 aliphatic rings. The predicted molar refractivity (Wildman–Crippen MR) is 105 cm³/mol. The zero-order valence-corrected chi connectivity index (χ0v) is 16.5. The van der Waals surface area contributed by atoms with Crippen molar-refractivity contribution in [1.82, 2.24) is 10.2 Å². The number of morpholine rings is 1. The van der Waals surface area contributed by atoms with E-state index in [-0.39, 0.29) is 5.91 Å². The number of rotatable bonds is 7. The lowest BCUT2D eigenvalue weighted by Crippen LogP contribution is -2.38. The van der Waals surface area contributed by atoms with Crippen molar-refractivity contribution in [2.45, 2.75) is 39.2 Å². The van der Waals surface area contributed by atoms with Gasteiger partial charge in [0.1, 0.15) is 5.60 Å². The van der Waals surface area contributed by atoms with Gasteiger partial charge in [-0.1, -0.05) is 12.1 Å². The Morgan fingerprint density at radius 3 is 2.44 bits per heavy atom. The molecule has 0 saturated carbocycles. The first-order chi connectivity index (χ1) is 12.8. The molecule has 0 radical (unpaired) electrons. The number of anilines is 1. The Kier molecular flexibility index (Phi) is 8.06. The van der Waals surface area contributed by atoms with E-state index < -0.39 is 11.7 Å². The molecule has 7 nitrogen and oxygen atoms in total. The summed E-state index contributed by atoms with van der Waals surface area (Å²) in [7, 11) is 0. The number of hydrogen-bond acceptors (Lipinski definition) is 5. The molecular formula is C20H31N3O4. The molecule has 150 valence electrons. The number of ether oxygens (including phenoxy) is 2. The van der Waals surface area contributed by atoms with Crippen LogP contribution in [-0.2, 0) is 20.7 Å². The molecule has 7 heteroatoms. The third kappa shape index (κ3) is 8.88. The third-order valence-corrected chi connectivity index (χ3v) is 4.08. The highest BCUT2D eigenvalue weighted by atomic mass is 16.6. The van der Waals surface area contributed by atoms with Gasteiger partial charge < -0.3 is 20.1 Å². The SMILES string of the molecule is CC(C)(C)OC(=O)NCCc1ccc(NC(=O)CCN2CCOCC2)cc1. The van der Waals surface area contributed by atoms with E-state index in [1.165, 1.54) is 0 Å². The molecule has 0 aliphatic carbocycles. The average molecular weight is 377 g/mol. The fraction of sp³-hybridized carbons (Fsp3) is 0.600. The summed E-state index contributed by atoms with van der Waals surface area (Å²) in [6, 6.07) is 7.67. The number of benzene rings is 1. The van der Waals surface area contributed by atoms with Crippen molar-refractivity contribution in [3.8, 4) is 0 Å². The molecule has 27 heavy (non-hydrogen) atoms. The fourth-order valence-corrected chi connectivity index (χ4v) is 2.69. The lowest BCUT2D eigenvalue weighted by molar-refractivity contribution is -0.116. The summed E-state index contributed by atoms with van der Waals surface area (Å²) in [4.78, 5) is 25.9. The number of amides is 2. The minimum Gasteiger partial charge on any atom is -0.444 e. The van der Waals surface area contributed by atoms with Gasteiger partial charge in [0.05, 0.1) is 13.2 Å². The van der Waals surface area contributed by atoms with Crippen LogP contribution in [-0.4, -0.2) is 61.9 Å². The van der Waals surface area contributed by atoms with Gasteiger partial charge in [-0.3, -0.25) is 9.69 Å². The highest BCUT2D eigenvalue weighted by Crippen LogP contribution is 2.11. The maximum Gasteiger partial charge on any atom is 0.407 e. The van der Waals surface area contributed by atoms with Gasteiger partial charge in [0.15, 0.2) is 0 Å². The van der Waals surface area contributed by atoms with Crippen LogP contribution < -0.4 is 10.6 Å². The van der Waals surface area contributed by atoms with Crippen LogP contribution in [0.15, 0.2) is 24.3 Å². The van der Waals surface area contributed by atoms with E-state index >= 15 is 0 Å².